The van der Waals surface area contributed by atoms with Gasteiger partial charge in [0.1, 0.15) is 0 Å². The van der Waals surface area contributed by atoms with Gasteiger partial charge in [0.25, 0.3) is 5.91 Å². The number of ether oxygens (including phenoxy) is 3. The maximum Gasteiger partial charge on any atom is 0.331 e. The maximum atomic E-state index is 11.8. The van der Waals surface area contributed by atoms with E-state index in [1.807, 2.05) is 25.1 Å². The van der Waals surface area contributed by atoms with E-state index in [2.05, 4.69) is 5.32 Å². The normalized spacial score (nSPS) is 12.2. The van der Waals surface area contributed by atoms with E-state index in [0.717, 1.165) is 11.1 Å². The van der Waals surface area contributed by atoms with Crippen molar-refractivity contribution in [2.24, 2.45) is 0 Å². The fraction of sp³-hybridized carbons (Fsp3) is 0.158. The molecule has 1 aliphatic heterocycles. The molecule has 1 N–H and O–H groups in total. The van der Waals surface area contributed by atoms with E-state index in [0.29, 0.717) is 17.2 Å². The molecule has 6 heteroatoms. The van der Waals surface area contributed by atoms with Gasteiger partial charge in [0.05, 0.1) is 0 Å². The first kappa shape index (κ1) is 16.6. The summed E-state index contributed by atoms with van der Waals surface area (Å²) in [5, 5.41) is 2.70. The van der Waals surface area contributed by atoms with Crippen LogP contribution in [0, 0.1) is 6.92 Å². The van der Waals surface area contributed by atoms with Crippen LogP contribution in [-0.4, -0.2) is 25.3 Å². The van der Waals surface area contributed by atoms with E-state index in [1.165, 1.54) is 6.08 Å². The van der Waals surface area contributed by atoms with Gasteiger partial charge in [-0.05, 0) is 42.3 Å². The third kappa shape index (κ3) is 4.38. The summed E-state index contributed by atoms with van der Waals surface area (Å²) < 4.78 is 15.4. The largest absolute Gasteiger partial charge is 0.454 e. The van der Waals surface area contributed by atoms with E-state index in [4.69, 9.17) is 14.2 Å². The second-order valence-electron chi connectivity index (χ2n) is 5.42. The van der Waals surface area contributed by atoms with Gasteiger partial charge in [-0.15, -0.1) is 0 Å². The van der Waals surface area contributed by atoms with Crippen molar-refractivity contribution in [2.45, 2.75) is 6.92 Å². The molecule has 25 heavy (non-hydrogen) atoms. The van der Waals surface area contributed by atoms with Gasteiger partial charge in [0, 0.05) is 11.8 Å². The van der Waals surface area contributed by atoms with Crippen molar-refractivity contribution >= 4 is 23.6 Å². The number of anilines is 1. The molecule has 1 aliphatic rings. The molecule has 0 aromatic heterocycles. The van der Waals surface area contributed by atoms with Crippen molar-refractivity contribution in [3.63, 3.8) is 0 Å². The van der Waals surface area contributed by atoms with E-state index in [9.17, 15) is 9.59 Å². The van der Waals surface area contributed by atoms with Crippen LogP contribution in [0.25, 0.3) is 6.08 Å². The van der Waals surface area contributed by atoms with Gasteiger partial charge in [0.15, 0.2) is 18.1 Å². The number of para-hydroxylation sites is 1. The monoisotopic (exact) mass is 339 g/mol. The van der Waals surface area contributed by atoms with Crippen molar-refractivity contribution in [3.05, 3.63) is 59.7 Å². The molecule has 3 rings (SSSR count). The lowest BCUT2D eigenvalue weighted by molar-refractivity contribution is -0.142. The second-order valence-corrected chi connectivity index (χ2v) is 5.42. The Morgan fingerprint density at radius 1 is 1.16 bits per heavy atom. The number of esters is 1. The number of hydrogen-bond acceptors (Lipinski definition) is 5. The summed E-state index contributed by atoms with van der Waals surface area (Å²) in [5.74, 6) is 0.317. The third-order valence-electron chi connectivity index (χ3n) is 3.57. The average Bonchev–Trinajstić information content (AvgIpc) is 3.08. The fourth-order valence-corrected chi connectivity index (χ4v) is 2.27. The van der Waals surface area contributed by atoms with Crippen molar-refractivity contribution in [3.8, 4) is 11.5 Å². The van der Waals surface area contributed by atoms with Crippen LogP contribution in [-0.2, 0) is 14.3 Å². The Labute approximate surface area is 145 Å². The molecule has 0 bridgehead atoms. The highest BCUT2D eigenvalue weighted by Gasteiger charge is 2.12. The van der Waals surface area contributed by atoms with Crippen molar-refractivity contribution in [2.75, 3.05) is 18.7 Å². The van der Waals surface area contributed by atoms with Gasteiger partial charge in [0.2, 0.25) is 6.79 Å². The summed E-state index contributed by atoms with van der Waals surface area (Å²) in [6.45, 7) is 1.73. The zero-order chi connectivity index (χ0) is 17.6. The Kier molecular flexibility index (Phi) is 4.99. The minimum Gasteiger partial charge on any atom is -0.454 e. The van der Waals surface area contributed by atoms with Crippen molar-refractivity contribution in [1.29, 1.82) is 0 Å². The zero-order valence-electron chi connectivity index (χ0n) is 13.7. The predicted molar refractivity (Wildman–Crippen MR) is 92.4 cm³/mol. The van der Waals surface area contributed by atoms with Gasteiger partial charge < -0.3 is 19.5 Å². The first-order valence-corrected chi connectivity index (χ1v) is 7.72. The summed E-state index contributed by atoms with van der Waals surface area (Å²) in [6, 6.07) is 12.7. The van der Waals surface area contributed by atoms with Crippen LogP contribution in [0.3, 0.4) is 0 Å². The van der Waals surface area contributed by atoms with E-state index < -0.39 is 5.97 Å². The lowest BCUT2D eigenvalue weighted by Gasteiger charge is -2.07. The number of benzene rings is 2. The first-order valence-electron chi connectivity index (χ1n) is 7.72. The molecule has 128 valence electrons. The highest BCUT2D eigenvalue weighted by atomic mass is 16.7. The third-order valence-corrected chi connectivity index (χ3v) is 3.57. The topological polar surface area (TPSA) is 73.9 Å². The van der Waals surface area contributed by atoms with E-state index in [1.54, 1.807) is 30.3 Å². The minimum absolute atomic E-state index is 0.195. The number of aryl methyl sites for hydroxylation is 1. The lowest BCUT2D eigenvalue weighted by Crippen LogP contribution is -2.20. The average molecular weight is 339 g/mol. The Morgan fingerprint density at radius 3 is 2.80 bits per heavy atom. The van der Waals surface area contributed by atoms with Crippen LogP contribution < -0.4 is 14.8 Å². The number of nitrogens with one attached hydrogen (secondary N) is 1. The van der Waals surface area contributed by atoms with Crippen LogP contribution in [0.1, 0.15) is 11.1 Å². The highest BCUT2D eigenvalue weighted by Crippen LogP contribution is 2.32. The number of hydrogen-bond donors (Lipinski definition) is 1. The molecule has 0 fully saturated rings. The molecule has 6 nitrogen and oxygen atoms in total. The van der Waals surface area contributed by atoms with Gasteiger partial charge in [-0.2, -0.15) is 0 Å². The highest BCUT2D eigenvalue weighted by molar-refractivity contribution is 5.95. The zero-order valence-corrected chi connectivity index (χ0v) is 13.7. The lowest BCUT2D eigenvalue weighted by atomic mass is 10.2. The molecular formula is C19H17NO5. The fourth-order valence-electron chi connectivity index (χ4n) is 2.27. The second kappa shape index (κ2) is 7.53. The molecule has 2 aromatic carbocycles. The SMILES string of the molecule is Cc1ccccc1NC(=O)COC(=O)/C=C/c1ccc2c(c1)OCO2. The molecule has 0 aliphatic carbocycles. The minimum atomic E-state index is -0.599. The first-order chi connectivity index (χ1) is 12.1. The van der Waals surface area contributed by atoms with Crippen LogP contribution >= 0.6 is 0 Å². The molecule has 1 heterocycles. The number of carbonyl (C=O) groups is 2. The Bertz CT molecular complexity index is 828. The molecule has 0 saturated heterocycles. The molecule has 0 spiro atoms. The van der Waals surface area contributed by atoms with Crippen LogP contribution in [0.2, 0.25) is 0 Å². The predicted octanol–water partition coefficient (Wildman–Crippen LogP) is 2.92. The number of amides is 1. The van der Waals surface area contributed by atoms with Gasteiger partial charge in [-0.1, -0.05) is 24.3 Å². The molecular weight excluding hydrogens is 322 g/mol. The maximum absolute atomic E-state index is 11.8. The number of carbonyl (C=O) groups excluding carboxylic acids is 2. The summed E-state index contributed by atoms with van der Waals surface area (Å²) in [7, 11) is 0. The van der Waals surface area contributed by atoms with E-state index >= 15 is 0 Å². The summed E-state index contributed by atoms with van der Waals surface area (Å²) >= 11 is 0. The summed E-state index contributed by atoms with van der Waals surface area (Å²) in [6.07, 6.45) is 2.85. The van der Waals surface area contributed by atoms with Crippen LogP contribution in [0.4, 0.5) is 5.69 Å². The molecule has 2 aromatic rings. The summed E-state index contributed by atoms with van der Waals surface area (Å²) in [4.78, 5) is 23.6. The van der Waals surface area contributed by atoms with Gasteiger partial charge in [-0.3, -0.25) is 4.79 Å². The van der Waals surface area contributed by atoms with Gasteiger partial charge in [-0.25, -0.2) is 4.79 Å². The standard InChI is InChI=1S/C19H17NO5/c1-13-4-2-3-5-15(13)20-18(21)11-23-19(22)9-7-14-6-8-16-17(10-14)25-12-24-16/h2-10H,11-12H2,1H3,(H,20,21)/b9-7+. The Morgan fingerprint density at radius 2 is 1.96 bits per heavy atom. The van der Waals surface area contributed by atoms with Gasteiger partial charge >= 0.3 is 5.97 Å². The molecule has 0 radical (unpaired) electrons. The van der Waals surface area contributed by atoms with Crippen molar-refractivity contribution < 1.29 is 23.8 Å². The molecule has 0 atom stereocenters. The van der Waals surface area contributed by atoms with Crippen LogP contribution in [0.5, 0.6) is 11.5 Å². The number of fused-ring (bicyclic) bond motifs is 1. The van der Waals surface area contributed by atoms with Crippen molar-refractivity contribution in [1.82, 2.24) is 0 Å². The Balaban J connectivity index is 1.49. The van der Waals surface area contributed by atoms with Crippen LogP contribution in [0.15, 0.2) is 48.5 Å². The molecule has 0 unspecified atom stereocenters. The quantitative estimate of drug-likeness (QED) is 0.670. The smallest absolute Gasteiger partial charge is 0.331 e. The Hall–Kier alpha value is -3.28. The molecule has 1 amide bonds. The van der Waals surface area contributed by atoms with E-state index in [-0.39, 0.29) is 19.3 Å². The molecule has 0 saturated carbocycles. The summed E-state index contributed by atoms with van der Waals surface area (Å²) in [5.41, 5.74) is 2.40. The number of rotatable bonds is 5.